The molecule has 126 valence electrons. The Bertz CT molecular complexity index is 727. The molecule has 0 bridgehead atoms. The van der Waals surface area contributed by atoms with Gasteiger partial charge in [-0.05, 0) is 49.2 Å². The van der Waals surface area contributed by atoms with Gasteiger partial charge in [-0.25, -0.2) is 4.79 Å². The van der Waals surface area contributed by atoms with Gasteiger partial charge in [0.25, 0.3) is 0 Å². The van der Waals surface area contributed by atoms with Crippen LogP contribution in [0.4, 0.5) is 0 Å². The molecule has 1 unspecified atom stereocenters. The van der Waals surface area contributed by atoms with Crippen LogP contribution in [0.3, 0.4) is 0 Å². The lowest BCUT2D eigenvalue weighted by Gasteiger charge is -2.16. The van der Waals surface area contributed by atoms with E-state index in [4.69, 9.17) is 9.84 Å². The number of hydrogen-bond donors (Lipinski definition) is 2. The number of amides is 1. The summed E-state index contributed by atoms with van der Waals surface area (Å²) in [6.07, 6.45) is -0.0285. The van der Waals surface area contributed by atoms with E-state index in [1.165, 1.54) is 12.1 Å². The molecule has 0 radical (unpaired) electrons. The molecule has 0 aromatic heterocycles. The van der Waals surface area contributed by atoms with E-state index in [2.05, 4.69) is 5.32 Å². The number of carbonyl (C=O) groups excluding carboxylic acids is 1. The highest BCUT2D eigenvalue weighted by atomic mass is 16.5. The molecule has 0 fully saturated rings. The van der Waals surface area contributed by atoms with Crippen LogP contribution in [0.15, 0.2) is 48.5 Å². The molecule has 0 aliphatic rings. The molecule has 24 heavy (non-hydrogen) atoms. The van der Waals surface area contributed by atoms with E-state index in [1.807, 2.05) is 38.1 Å². The van der Waals surface area contributed by atoms with Gasteiger partial charge >= 0.3 is 5.97 Å². The minimum Gasteiger partial charge on any atom is -0.489 e. The molecule has 2 aromatic rings. The molecule has 5 heteroatoms. The first-order chi connectivity index (χ1) is 11.4. The van der Waals surface area contributed by atoms with Crippen LogP contribution in [0.2, 0.25) is 0 Å². The monoisotopic (exact) mass is 327 g/mol. The summed E-state index contributed by atoms with van der Waals surface area (Å²) in [5, 5.41) is 11.8. The van der Waals surface area contributed by atoms with Crippen molar-refractivity contribution in [1.82, 2.24) is 5.32 Å². The molecular formula is C19H21NO4. The minimum absolute atomic E-state index is 0.137. The van der Waals surface area contributed by atoms with Crippen molar-refractivity contribution >= 4 is 11.9 Å². The fourth-order valence-electron chi connectivity index (χ4n) is 2.28. The number of aryl methyl sites for hydroxylation is 1. The van der Waals surface area contributed by atoms with E-state index in [0.29, 0.717) is 12.1 Å². The van der Waals surface area contributed by atoms with Crippen molar-refractivity contribution in [1.29, 1.82) is 0 Å². The fourth-order valence-corrected chi connectivity index (χ4v) is 2.28. The number of carbonyl (C=O) groups is 2. The Balaban J connectivity index is 1.82. The number of carboxylic acids is 1. The molecule has 2 aromatic carbocycles. The smallest absolute Gasteiger partial charge is 0.335 e. The molecule has 0 saturated heterocycles. The zero-order valence-electron chi connectivity index (χ0n) is 13.8. The normalized spacial score (nSPS) is 11.6. The summed E-state index contributed by atoms with van der Waals surface area (Å²) in [5.41, 5.74) is 1.96. The molecule has 0 aliphatic carbocycles. The number of rotatable bonds is 7. The van der Waals surface area contributed by atoms with Gasteiger partial charge in [-0.15, -0.1) is 0 Å². The molecule has 0 spiro atoms. The molecule has 1 amide bonds. The highest BCUT2D eigenvalue weighted by Gasteiger charge is 2.09. The fraction of sp³-hybridized carbons (Fsp3) is 0.263. The maximum atomic E-state index is 12.0. The van der Waals surface area contributed by atoms with E-state index in [0.717, 1.165) is 11.3 Å². The lowest BCUT2D eigenvalue weighted by molar-refractivity contribution is -0.120. The lowest BCUT2D eigenvalue weighted by Crippen LogP contribution is -2.34. The van der Waals surface area contributed by atoms with Gasteiger partial charge in [0.15, 0.2) is 0 Å². The number of benzene rings is 2. The highest BCUT2D eigenvalue weighted by Crippen LogP contribution is 2.14. The molecule has 5 nitrogen and oxygen atoms in total. The second-order valence-corrected chi connectivity index (χ2v) is 5.73. The van der Waals surface area contributed by atoms with Crippen LogP contribution in [0, 0.1) is 6.92 Å². The van der Waals surface area contributed by atoms with Crippen molar-refractivity contribution in [2.24, 2.45) is 0 Å². The summed E-state index contributed by atoms with van der Waals surface area (Å²) in [7, 11) is 0. The maximum Gasteiger partial charge on any atom is 0.335 e. The van der Waals surface area contributed by atoms with E-state index < -0.39 is 5.97 Å². The van der Waals surface area contributed by atoms with Crippen LogP contribution >= 0.6 is 0 Å². The second kappa shape index (κ2) is 8.15. The molecular weight excluding hydrogens is 306 g/mol. The first-order valence-electron chi connectivity index (χ1n) is 7.76. The van der Waals surface area contributed by atoms with E-state index in [9.17, 15) is 9.59 Å². The third kappa shape index (κ3) is 5.43. The number of aromatic carboxylic acids is 1. The van der Waals surface area contributed by atoms with E-state index >= 15 is 0 Å². The molecule has 0 heterocycles. The third-order valence-corrected chi connectivity index (χ3v) is 3.45. The Kier molecular flexibility index (Phi) is 5.95. The van der Waals surface area contributed by atoms with Crippen LogP contribution in [-0.4, -0.2) is 29.6 Å². The Morgan fingerprint density at radius 3 is 2.62 bits per heavy atom. The van der Waals surface area contributed by atoms with Gasteiger partial charge < -0.3 is 15.2 Å². The van der Waals surface area contributed by atoms with Crippen molar-refractivity contribution < 1.29 is 19.4 Å². The Hall–Kier alpha value is -2.82. The van der Waals surface area contributed by atoms with E-state index in [1.54, 1.807) is 12.1 Å². The average Bonchev–Trinajstić information content (AvgIpc) is 2.53. The molecule has 2 N–H and O–H groups in total. The van der Waals surface area contributed by atoms with Gasteiger partial charge in [-0.3, -0.25) is 4.79 Å². The number of carboxylic acid groups (broad SMARTS) is 1. The summed E-state index contributed by atoms with van der Waals surface area (Å²) < 4.78 is 5.75. The van der Waals surface area contributed by atoms with Crippen molar-refractivity contribution in [2.75, 3.05) is 6.54 Å². The van der Waals surface area contributed by atoms with Crippen molar-refractivity contribution in [3.05, 3.63) is 65.2 Å². The first-order valence-corrected chi connectivity index (χ1v) is 7.76. The summed E-state index contributed by atoms with van der Waals surface area (Å²) in [4.78, 5) is 22.9. The summed E-state index contributed by atoms with van der Waals surface area (Å²) >= 11 is 0. The largest absolute Gasteiger partial charge is 0.489 e. The maximum absolute atomic E-state index is 12.0. The summed E-state index contributed by atoms with van der Waals surface area (Å²) in [6.45, 7) is 4.25. The zero-order valence-corrected chi connectivity index (χ0v) is 13.8. The molecule has 0 aliphatic heterocycles. The highest BCUT2D eigenvalue weighted by molar-refractivity contribution is 5.88. The summed E-state index contributed by atoms with van der Waals surface area (Å²) in [6, 6.07) is 14.1. The van der Waals surface area contributed by atoms with Gasteiger partial charge in [-0.2, -0.15) is 0 Å². The standard InChI is InChI=1S/C19H21NO4/c1-13-5-3-8-17(9-13)24-14(2)12-20-18(21)11-15-6-4-7-16(10-15)19(22)23/h3-10,14H,11-12H2,1-2H3,(H,20,21)(H,22,23). The van der Waals surface area contributed by atoms with Gasteiger partial charge in [0.05, 0.1) is 18.5 Å². The molecule has 2 rings (SSSR count). The van der Waals surface area contributed by atoms with Crippen LogP contribution in [0.1, 0.15) is 28.4 Å². The number of ether oxygens (including phenoxy) is 1. The van der Waals surface area contributed by atoms with Crippen molar-refractivity contribution in [2.45, 2.75) is 26.4 Å². The summed E-state index contributed by atoms with van der Waals surface area (Å²) in [5.74, 6) is -0.402. The lowest BCUT2D eigenvalue weighted by atomic mass is 10.1. The SMILES string of the molecule is Cc1cccc(OC(C)CNC(=O)Cc2cccc(C(=O)O)c2)c1. The first kappa shape index (κ1) is 17.5. The van der Waals surface area contributed by atoms with Crippen molar-refractivity contribution in [3.63, 3.8) is 0 Å². The predicted molar refractivity (Wildman–Crippen MR) is 91.4 cm³/mol. The van der Waals surface area contributed by atoms with Crippen LogP contribution < -0.4 is 10.1 Å². The molecule has 0 saturated carbocycles. The zero-order chi connectivity index (χ0) is 17.5. The minimum atomic E-state index is -1.00. The third-order valence-electron chi connectivity index (χ3n) is 3.45. The molecule has 1 atom stereocenters. The Labute approximate surface area is 141 Å². The Morgan fingerprint density at radius 1 is 1.17 bits per heavy atom. The van der Waals surface area contributed by atoms with Crippen LogP contribution in [0.5, 0.6) is 5.75 Å². The number of hydrogen-bond acceptors (Lipinski definition) is 3. The van der Waals surface area contributed by atoms with E-state index in [-0.39, 0.29) is 24.0 Å². The number of nitrogens with one attached hydrogen (secondary N) is 1. The van der Waals surface area contributed by atoms with Gasteiger partial charge in [0.2, 0.25) is 5.91 Å². The van der Waals surface area contributed by atoms with Crippen LogP contribution in [-0.2, 0) is 11.2 Å². The topological polar surface area (TPSA) is 75.6 Å². The quantitative estimate of drug-likeness (QED) is 0.820. The predicted octanol–water partition coefficient (Wildman–Crippen LogP) is 2.82. The van der Waals surface area contributed by atoms with Gasteiger partial charge in [0.1, 0.15) is 11.9 Å². The Morgan fingerprint density at radius 2 is 1.92 bits per heavy atom. The average molecular weight is 327 g/mol. The van der Waals surface area contributed by atoms with Gasteiger partial charge in [-0.1, -0.05) is 24.3 Å². The van der Waals surface area contributed by atoms with Gasteiger partial charge in [0, 0.05) is 0 Å². The van der Waals surface area contributed by atoms with Crippen molar-refractivity contribution in [3.8, 4) is 5.75 Å². The second-order valence-electron chi connectivity index (χ2n) is 5.73. The van der Waals surface area contributed by atoms with Crippen LogP contribution in [0.25, 0.3) is 0 Å².